The van der Waals surface area contributed by atoms with E-state index >= 15 is 0 Å². The third-order valence-electron chi connectivity index (χ3n) is 4.15. The first-order valence-electron chi connectivity index (χ1n) is 8.55. The van der Waals surface area contributed by atoms with E-state index in [4.69, 9.17) is 8.85 Å². The molecule has 3 rings (SSSR count). The Morgan fingerprint density at radius 2 is 0.920 bits per heavy atom. The molecule has 0 spiro atoms. The van der Waals surface area contributed by atoms with Gasteiger partial charge in [0.05, 0.1) is 0 Å². The molecule has 3 aromatic rings. The molecule has 0 heterocycles. The summed E-state index contributed by atoms with van der Waals surface area (Å²) in [4.78, 5) is 0. The van der Waals surface area contributed by atoms with Crippen molar-refractivity contribution in [3.8, 4) is 11.5 Å². The molecule has 0 unspecified atom stereocenters. The minimum absolute atomic E-state index is 0.181. The van der Waals surface area contributed by atoms with Crippen molar-refractivity contribution in [1.29, 1.82) is 0 Å². The minimum atomic E-state index is -2.85. The zero-order chi connectivity index (χ0) is 17.8. The molecule has 2 nitrogen and oxygen atoms in total. The van der Waals surface area contributed by atoms with Crippen LogP contribution in [0.15, 0.2) is 91.0 Å². The van der Waals surface area contributed by atoms with Crippen LogP contribution < -0.4 is 14.0 Å². The monoisotopic (exact) mass is 348 g/mol. The van der Waals surface area contributed by atoms with Gasteiger partial charge in [0.2, 0.25) is 0 Å². The van der Waals surface area contributed by atoms with Gasteiger partial charge in [-0.25, -0.2) is 0 Å². The molecule has 0 saturated carbocycles. The van der Waals surface area contributed by atoms with Gasteiger partial charge in [0.1, 0.15) is 11.5 Å². The topological polar surface area (TPSA) is 18.5 Å². The third-order valence-corrected chi connectivity index (χ3v) is 8.27. The highest BCUT2D eigenvalue weighted by atomic mass is 28.4. The second-order valence-electron chi connectivity index (χ2n) is 7.06. The maximum absolute atomic E-state index is 6.67. The summed E-state index contributed by atoms with van der Waals surface area (Å²) in [7, 11) is -2.85. The highest BCUT2D eigenvalue weighted by molar-refractivity contribution is 6.84. The zero-order valence-corrected chi connectivity index (χ0v) is 16.0. The maximum Gasteiger partial charge on any atom is 0.501 e. The van der Waals surface area contributed by atoms with E-state index in [9.17, 15) is 0 Å². The van der Waals surface area contributed by atoms with Crippen molar-refractivity contribution in [2.24, 2.45) is 0 Å². The molecule has 0 bridgehead atoms. The van der Waals surface area contributed by atoms with Gasteiger partial charge in [-0.15, -0.1) is 0 Å². The zero-order valence-electron chi connectivity index (χ0n) is 15.0. The van der Waals surface area contributed by atoms with E-state index in [1.807, 2.05) is 78.9 Å². The third kappa shape index (κ3) is 3.77. The van der Waals surface area contributed by atoms with E-state index in [0.29, 0.717) is 0 Å². The number of rotatable bonds is 5. The SMILES string of the molecule is CC(C)(C)[Si](Oc1ccccc1)(Oc1ccccc1)c1ccccc1. The van der Waals surface area contributed by atoms with E-state index < -0.39 is 8.56 Å². The predicted molar refractivity (Wildman–Crippen MR) is 106 cm³/mol. The Hall–Kier alpha value is -2.52. The maximum atomic E-state index is 6.67. The van der Waals surface area contributed by atoms with Gasteiger partial charge in [-0.2, -0.15) is 0 Å². The van der Waals surface area contributed by atoms with Gasteiger partial charge in [-0.3, -0.25) is 0 Å². The summed E-state index contributed by atoms with van der Waals surface area (Å²) in [6.07, 6.45) is 0. The summed E-state index contributed by atoms with van der Waals surface area (Å²) in [5.41, 5.74) is 0. The molecular formula is C22H24O2Si. The van der Waals surface area contributed by atoms with Crippen LogP contribution in [-0.4, -0.2) is 8.56 Å². The summed E-state index contributed by atoms with van der Waals surface area (Å²) >= 11 is 0. The Balaban J connectivity index is 2.13. The van der Waals surface area contributed by atoms with Gasteiger partial charge < -0.3 is 8.85 Å². The highest BCUT2D eigenvalue weighted by Crippen LogP contribution is 2.39. The van der Waals surface area contributed by atoms with Crippen LogP contribution in [0.2, 0.25) is 5.04 Å². The Kier molecular flexibility index (Phi) is 4.95. The predicted octanol–water partition coefficient (Wildman–Crippen LogP) is 5.29. The molecular weight excluding hydrogens is 324 g/mol. The van der Waals surface area contributed by atoms with Crippen LogP contribution in [-0.2, 0) is 0 Å². The lowest BCUT2D eigenvalue weighted by molar-refractivity contribution is 0.355. The van der Waals surface area contributed by atoms with Crippen molar-refractivity contribution < 1.29 is 8.85 Å². The summed E-state index contributed by atoms with van der Waals surface area (Å²) < 4.78 is 13.3. The van der Waals surface area contributed by atoms with Crippen LogP contribution >= 0.6 is 0 Å². The van der Waals surface area contributed by atoms with Gasteiger partial charge in [-0.05, 0) is 24.3 Å². The van der Waals surface area contributed by atoms with Crippen molar-refractivity contribution in [2.75, 3.05) is 0 Å². The molecule has 3 heteroatoms. The number of para-hydroxylation sites is 2. The second kappa shape index (κ2) is 7.15. The molecule has 0 atom stereocenters. The molecule has 0 aliphatic carbocycles. The van der Waals surface area contributed by atoms with Crippen molar-refractivity contribution in [1.82, 2.24) is 0 Å². The van der Waals surface area contributed by atoms with Crippen molar-refractivity contribution >= 4 is 13.7 Å². The van der Waals surface area contributed by atoms with E-state index in [2.05, 4.69) is 32.9 Å². The van der Waals surface area contributed by atoms with Crippen molar-refractivity contribution in [2.45, 2.75) is 25.8 Å². The quantitative estimate of drug-likeness (QED) is 0.583. The fourth-order valence-corrected chi connectivity index (χ4v) is 6.17. The minimum Gasteiger partial charge on any atom is -0.508 e. The first-order valence-corrected chi connectivity index (χ1v) is 10.4. The van der Waals surface area contributed by atoms with Gasteiger partial charge in [0.25, 0.3) is 0 Å². The summed E-state index contributed by atoms with van der Waals surface area (Å²) in [6, 6.07) is 30.3. The van der Waals surface area contributed by atoms with Gasteiger partial charge in [-0.1, -0.05) is 87.5 Å². The fraction of sp³-hybridized carbons (Fsp3) is 0.182. The second-order valence-corrected chi connectivity index (χ2v) is 10.8. The lowest BCUT2D eigenvalue weighted by Crippen LogP contribution is -2.65. The number of benzene rings is 3. The molecule has 0 aliphatic heterocycles. The van der Waals surface area contributed by atoms with Crippen LogP contribution in [0.25, 0.3) is 0 Å². The molecule has 3 aromatic carbocycles. The average molecular weight is 349 g/mol. The van der Waals surface area contributed by atoms with E-state index in [1.54, 1.807) is 0 Å². The lowest BCUT2D eigenvalue weighted by atomic mass is 10.2. The molecule has 0 aromatic heterocycles. The summed E-state index contributed by atoms with van der Waals surface area (Å²) in [5.74, 6) is 1.67. The molecule has 0 radical (unpaired) electrons. The van der Waals surface area contributed by atoms with E-state index in [0.717, 1.165) is 16.7 Å². The normalized spacial score (nSPS) is 11.8. The Bertz CT molecular complexity index is 739. The molecule has 128 valence electrons. The summed E-state index contributed by atoms with van der Waals surface area (Å²) in [6.45, 7) is 6.58. The molecule has 25 heavy (non-hydrogen) atoms. The average Bonchev–Trinajstić information content (AvgIpc) is 2.63. The molecule has 0 aliphatic rings. The first kappa shape index (κ1) is 17.3. The Labute approximate surface area is 151 Å². The van der Waals surface area contributed by atoms with Gasteiger partial charge >= 0.3 is 8.56 Å². The van der Waals surface area contributed by atoms with Gasteiger partial charge in [0.15, 0.2) is 0 Å². The smallest absolute Gasteiger partial charge is 0.501 e. The van der Waals surface area contributed by atoms with E-state index in [1.165, 1.54) is 0 Å². The number of hydrogen-bond donors (Lipinski definition) is 0. The van der Waals surface area contributed by atoms with Crippen molar-refractivity contribution in [3.05, 3.63) is 91.0 Å². The largest absolute Gasteiger partial charge is 0.508 e. The first-order chi connectivity index (χ1) is 12.0. The standard InChI is InChI=1S/C22H24O2Si/c1-22(2,3)25(21-17-11-6-12-18-21,23-19-13-7-4-8-14-19)24-20-15-9-5-10-16-20/h4-18H,1-3H3. The molecule has 0 amide bonds. The highest BCUT2D eigenvalue weighted by Gasteiger charge is 2.55. The van der Waals surface area contributed by atoms with Crippen LogP contribution in [0, 0.1) is 0 Å². The summed E-state index contributed by atoms with van der Waals surface area (Å²) in [5, 5.41) is 0.940. The van der Waals surface area contributed by atoms with Gasteiger partial charge in [0, 0.05) is 10.2 Å². The Morgan fingerprint density at radius 1 is 0.560 bits per heavy atom. The number of hydrogen-bond acceptors (Lipinski definition) is 2. The molecule has 0 N–H and O–H groups in total. The van der Waals surface area contributed by atoms with Crippen LogP contribution in [0.5, 0.6) is 11.5 Å². The van der Waals surface area contributed by atoms with Crippen LogP contribution in [0.4, 0.5) is 0 Å². The molecule has 0 saturated heterocycles. The van der Waals surface area contributed by atoms with E-state index in [-0.39, 0.29) is 5.04 Å². The Morgan fingerprint density at radius 3 is 1.28 bits per heavy atom. The van der Waals surface area contributed by atoms with Crippen LogP contribution in [0.3, 0.4) is 0 Å². The lowest BCUT2D eigenvalue weighted by Gasteiger charge is -2.40. The van der Waals surface area contributed by atoms with Crippen LogP contribution in [0.1, 0.15) is 20.8 Å². The van der Waals surface area contributed by atoms with Crippen molar-refractivity contribution in [3.63, 3.8) is 0 Å². The molecule has 0 fully saturated rings. The fourth-order valence-electron chi connectivity index (χ4n) is 2.84.